The summed E-state index contributed by atoms with van der Waals surface area (Å²) in [7, 11) is 3.35. The molecule has 0 spiro atoms. The summed E-state index contributed by atoms with van der Waals surface area (Å²) < 4.78 is 10.7. The van der Waals surface area contributed by atoms with Gasteiger partial charge in [-0.05, 0) is 37.6 Å². The highest BCUT2D eigenvalue weighted by Crippen LogP contribution is 2.29. The van der Waals surface area contributed by atoms with Gasteiger partial charge in [0.1, 0.15) is 11.5 Å². The number of hydrogen-bond donors (Lipinski definition) is 1. The molecule has 0 radical (unpaired) electrons. The fourth-order valence-corrected chi connectivity index (χ4v) is 1.82. The molecule has 0 heterocycles. The Hall–Kier alpha value is -1.48. The summed E-state index contributed by atoms with van der Waals surface area (Å²) >= 11 is 0. The van der Waals surface area contributed by atoms with Crippen LogP contribution in [0.15, 0.2) is 24.3 Å². The molecule has 1 N–H and O–H groups in total. The molecule has 0 saturated heterocycles. The molecule has 0 fully saturated rings. The van der Waals surface area contributed by atoms with Gasteiger partial charge >= 0.3 is 0 Å². The monoisotopic (exact) mass is 263 g/mol. The third-order valence-corrected chi connectivity index (χ3v) is 2.79. The van der Waals surface area contributed by atoms with E-state index in [9.17, 15) is 0 Å². The molecule has 0 amide bonds. The van der Waals surface area contributed by atoms with Gasteiger partial charge in [0.25, 0.3) is 0 Å². The average Bonchev–Trinajstić information content (AvgIpc) is 2.42. The highest BCUT2D eigenvalue weighted by molar-refractivity contribution is 5.64. The fourth-order valence-electron chi connectivity index (χ4n) is 1.82. The Labute approximate surface area is 116 Å². The van der Waals surface area contributed by atoms with Gasteiger partial charge in [0, 0.05) is 0 Å². The van der Waals surface area contributed by atoms with Crippen molar-refractivity contribution in [2.24, 2.45) is 5.92 Å². The molecule has 1 rings (SSSR count). The summed E-state index contributed by atoms with van der Waals surface area (Å²) in [6.45, 7) is 6.48. The van der Waals surface area contributed by atoms with Gasteiger partial charge in [-0.1, -0.05) is 32.1 Å². The maximum absolute atomic E-state index is 5.35. The minimum Gasteiger partial charge on any atom is -0.496 e. The summed E-state index contributed by atoms with van der Waals surface area (Å²) in [5.74, 6) is 2.37. The van der Waals surface area contributed by atoms with E-state index in [1.807, 2.05) is 18.2 Å². The van der Waals surface area contributed by atoms with Crippen LogP contribution in [0, 0.1) is 5.92 Å². The minimum absolute atomic E-state index is 0.693. The van der Waals surface area contributed by atoms with Crippen LogP contribution in [0.25, 0.3) is 6.08 Å². The normalized spacial score (nSPS) is 11.2. The van der Waals surface area contributed by atoms with Gasteiger partial charge in [0.15, 0.2) is 0 Å². The molecule has 1 aromatic rings. The molecule has 0 bridgehead atoms. The molecule has 3 heteroatoms. The Morgan fingerprint density at radius 3 is 2.32 bits per heavy atom. The molecule has 0 atom stereocenters. The largest absolute Gasteiger partial charge is 0.496 e. The van der Waals surface area contributed by atoms with Crippen molar-refractivity contribution in [3.63, 3.8) is 0 Å². The molecular formula is C16H25NO2. The Bertz CT molecular complexity index is 377. The van der Waals surface area contributed by atoms with E-state index in [1.165, 1.54) is 0 Å². The molecular weight excluding hydrogens is 238 g/mol. The van der Waals surface area contributed by atoms with Crippen LogP contribution >= 0.6 is 0 Å². The number of nitrogens with one attached hydrogen (secondary N) is 1. The van der Waals surface area contributed by atoms with E-state index < -0.39 is 0 Å². The van der Waals surface area contributed by atoms with Crippen molar-refractivity contribution >= 4 is 6.08 Å². The second-order valence-electron chi connectivity index (χ2n) is 4.87. The predicted octanol–water partition coefficient (Wildman–Crippen LogP) is 3.35. The number of rotatable bonds is 8. The SMILES string of the molecule is COc1cccc(OC)c1/C=C/CCNCC(C)C. The lowest BCUT2D eigenvalue weighted by Crippen LogP contribution is -2.20. The average molecular weight is 263 g/mol. The van der Waals surface area contributed by atoms with Crippen LogP contribution in [0.5, 0.6) is 11.5 Å². The van der Waals surface area contributed by atoms with Crippen molar-refractivity contribution in [1.29, 1.82) is 0 Å². The van der Waals surface area contributed by atoms with Crippen LogP contribution in [-0.4, -0.2) is 27.3 Å². The predicted molar refractivity (Wildman–Crippen MR) is 80.9 cm³/mol. The summed E-state index contributed by atoms with van der Waals surface area (Å²) in [6, 6.07) is 5.82. The molecule has 0 aliphatic rings. The summed E-state index contributed by atoms with van der Waals surface area (Å²) in [4.78, 5) is 0. The third-order valence-electron chi connectivity index (χ3n) is 2.79. The highest BCUT2D eigenvalue weighted by Gasteiger charge is 2.05. The van der Waals surface area contributed by atoms with E-state index >= 15 is 0 Å². The zero-order valence-corrected chi connectivity index (χ0v) is 12.4. The first-order chi connectivity index (χ1) is 9.19. The number of ether oxygens (including phenoxy) is 2. The Kier molecular flexibility index (Phi) is 7.04. The summed E-state index contributed by atoms with van der Waals surface area (Å²) in [5, 5.41) is 3.41. The summed E-state index contributed by atoms with van der Waals surface area (Å²) in [6.07, 6.45) is 5.20. The van der Waals surface area contributed by atoms with E-state index in [0.717, 1.165) is 36.6 Å². The van der Waals surface area contributed by atoms with Crippen LogP contribution in [0.1, 0.15) is 25.8 Å². The maximum atomic E-state index is 5.35. The van der Waals surface area contributed by atoms with E-state index in [0.29, 0.717) is 5.92 Å². The Balaban J connectivity index is 2.55. The molecule has 0 aliphatic carbocycles. The lowest BCUT2D eigenvalue weighted by Gasteiger charge is -2.09. The molecule has 19 heavy (non-hydrogen) atoms. The van der Waals surface area contributed by atoms with Gasteiger partial charge in [-0.3, -0.25) is 0 Å². The molecule has 0 unspecified atom stereocenters. The second-order valence-corrected chi connectivity index (χ2v) is 4.87. The van der Waals surface area contributed by atoms with Crippen molar-refractivity contribution in [3.05, 3.63) is 29.8 Å². The molecule has 3 nitrogen and oxygen atoms in total. The topological polar surface area (TPSA) is 30.5 Å². The van der Waals surface area contributed by atoms with Crippen molar-refractivity contribution in [2.45, 2.75) is 20.3 Å². The van der Waals surface area contributed by atoms with Gasteiger partial charge in [0.05, 0.1) is 19.8 Å². The van der Waals surface area contributed by atoms with Gasteiger partial charge < -0.3 is 14.8 Å². The second kappa shape index (κ2) is 8.59. The zero-order valence-electron chi connectivity index (χ0n) is 12.4. The summed E-state index contributed by atoms with van der Waals surface area (Å²) in [5.41, 5.74) is 0.997. The smallest absolute Gasteiger partial charge is 0.129 e. The van der Waals surface area contributed by atoms with E-state index in [1.54, 1.807) is 14.2 Å². The highest BCUT2D eigenvalue weighted by atomic mass is 16.5. The molecule has 0 saturated carbocycles. The molecule has 0 aliphatic heterocycles. The molecule has 0 aromatic heterocycles. The van der Waals surface area contributed by atoms with Crippen LogP contribution < -0.4 is 14.8 Å². The fraction of sp³-hybridized carbons (Fsp3) is 0.500. The van der Waals surface area contributed by atoms with Gasteiger partial charge in [0.2, 0.25) is 0 Å². The maximum Gasteiger partial charge on any atom is 0.129 e. The van der Waals surface area contributed by atoms with Gasteiger partial charge in [-0.2, -0.15) is 0 Å². The van der Waals surface area contributed by atoms with E-state index in [4.69, 9.17) is 9.47 Å². The zero-order chi connectivity index (χ0) is 14.1. The van der Waals surface area contributed by atoms with Crippen LogP contribution in [0.2, 0.25) is 0 Å². The van der Waals surface area contributed by atoms with E-state index in [2.05, 4.69) is 31.3 Å². The Morgan fingerprint density at radius 2 is 1.79 bits per heavy atom. The first-order valence-corrected chi connectivity index (χ1v) is 6.77. The molecule has 106 valence electrons. The number of hydrogen-bond acceptors (Lipinski definition) is 3. The van der Waals surface area contributed by atoms with Gasteiger partial charge in [-0.25, -0.2) is 0 Å². The standard InChI is InChI=1S/C16H25NO2/c1-13(2)12-17-11-6-5-8-14-15(18-3)9-7-10-16(14)19-4/h5,7-10,13,17H,6,11-12H2,1-4H3/b8-5+. The van der Waals surface area contributed by atoms with E-state index in [-0.39, 0.29) is 0 Å². The van der Waals surface area contributed by atoms with Crippen LogP contribution in [0.4, 0.5) is 0 Å². The van der Waals surface area contributed by atoms with Crippen molar-refractivity contribution in [1.82, 2.24) is 5.32 Å². The lowest BCUT2D eigenvalue weighted by molar-refractivity contribution is 0.392. The van der Waals surface area contributed by atoms with Crippen molar-refractivity contribution < 1.29 is 9.47 Å². The minimum atomic E-state index is 0.693. The number of methoxy groups -OCH3 is 2. The first-order valence-electron chi connectivity index (χ1n) is 6.77. The van der Waals surface area contributed by atoms with Crippen LogP contribution in [-0.2, 0) is 0 Å². The number of benzene rings is 1. The quantitative estimate of drug-likeness (QED) is 0.730. The van der Waals surface area contributed by atoms with Crippen molar-refractivity contribution in [2.75, 3.05) is 27.3 Å². The lowest BCUT2D eigenvalue weighted by atomic mass is 10.1. The van der Waals surface area contributed by atoms with Crippen molar-refractivity contribution in [3.8, 4) is 11.5 Å². The first kappa shape index (κ1) is 15.6. The van der Waals surface area contributed by atoms with Crippen LogP contribution in [0.3, 0.4) is 0 Å². The van der Waals surface area contributed by atoms with Gasteiger partial charge in [-0.15, -0.1) is 0 Å². The Morgan fingerprint density at radius 1 is 1.16 bits per heavy atom. The molecule has 1 aromatic carbocycles. The third kappa shape index (κ3) is 5.35.